The normalized spacial score (nSPS) is 12.2. The van der Waals surface area contributed by atoms with E-state index in [1.807, 2.05) is 31.2 Å². The van der Waals surface area contributed by atoms with Crippen molar-refractivity contribution in [1.29, 1.82) is 0 Å². The number of amides is 1. The summed E-state index contributed by atoms with van der Waals surface area (Å²) in [7, 11) is 0. The number of aliphatic hydroxyl groups is 1. The van der Waals surface area contributed by atoms with Crippen molar-refractivity contribution in [2.45, 2.75) is 19.8 Å². The van der Waals surface area contributed by atoms with Crippen LogP contribution in [0, 0.1) is 5.92 Å². The summed E-state index contributed by atoms with van der Waals surface area (Å²) in [5, 5.41) is 11.6. The molecule has 0 aliphatic carbocycles. The number of hydrogen-bond donors (Lipinski definition) is 3. The molecule has 18 heavy (non-hydrogen) atoms. The molecule has 4 nitrogen and oxygen atoms in total. The minimum absolute atomic E-state index is 0.0703. The molecule has 0 saturated heterocycles. The Morgan fingerprint density at radius 1 is 1.39 bits per heavy atom. The summed E-state index contributed by atoms with van der Waals surface area (Å²) < 4.78 is 0. The molecule has 0 aliphatic rings. The fourth-order valence-corrected chi connectivity index (χ4v) is 1.68. The molecule has 4 N–H and O–H groups in total. The minimum atomic E-state index is -0.0703. The Kier molecular flexibility index (Phi) is 6.39. The van der Waals surface area contributed by atoms with Gasteiger partial charge in [-0.25, -0.2) is 0 Å². The first kappa shape index (κ1) is 14.7. The summed E-state index contributed by atoms with van der Waals surface area (Å²) in [6, 6.07) is 7.49. The van der Waals surface area contributed by atoms with Gasteiger partial charge in [0.15, 0.2) is 0 Å². The molecule has 1 aromatic rings. The van der Waals surface area contributed by atoms with E-state index in [0.29, 0.717) is 25.1 Å². The molecule has 0 aliphatic heterocycles. The summed E-state index contributed by atoms with van der Waals surface area (Å²) in [5.41, 5.74) is 7.27. The Labute approximate surface area is 108 Å². The Morgan fingerprint density at radius 2 is 2.06 bits per heavy atom. The smallest absolute Gasteiger partial charge is 0.251 e. The van der Waals surface area contributed by atoms with Crippen molar-refractivity contribution in [3.8, 4) is 0 Å². The van der Waals surface area contributed by atoms with Gasteiger partial charge in [-0.05, 0) is 43.0 Å². The molecule has 0 aromatic heterocycles. The summed E-state index contributed by atoms with van der Waals surface area (Å²) in [6.07, 6.45) is 1.53. The highest BCUT2D eigenvalue weighted by atomic mass is 16.3. The predicted molar refractivity (Wildman–Crippen MR) is 72.4 cm³/mol. The van der Waals surface area contributed by atoms with Gasteiger partial charge in [0.25, 0.3) is 5.91 Å². The molecule has 0 heterocycles. The zero-order valence-electron chi connectivity index (χ0n) is 10.9. The standard InChI is InChI=1S/C14H22N2O2/c1-11(7-9-17)10-16-14(18)13-4-2-12(3-5-13)6-8-15/h2-5,11,17H,6-10,15H2,1H3,(H,16,18). The number of aliphatic hydroxyl groups excluding tert-OH is 1. The number of hydrogen-bond acceptors (Lipinski definition) is 3. The van der Waals surface area contributed by atoms with Crippen molar-refractivity contribution in [2.24, 2.45) is 11.7 Å². The second kappa shape index (κ2) is 7.84. The first-order valence-electron chi connectivity index (χ1n) is 6.35. The van der Waals surface area contributed by atoms with Gasteiger partial charge in [-0.3, -0.25) is 4.79 Å². The van der Waals surface area contributed by atoms with Crippen molar-refractivity contribution in [2.75, 3.05) is 19.7 Å². The van der Waals surface area contributed by atoms with E-state index in [4.69, 9.17) is 10.8 Å². The average molecular weight is 250 g/mol. The van der Waals surface area contributed by atoms with Crippen molar-refractivity contribution >= 4 is 5.91 Å². The summed E-state index contributed by atoms with van der Waals surface area (Å²) >= 11 is 0. The number of nitrogens with one attached hydrogen (secondary N) is 1. The van der Waals surface area contributed by atoms with Crippen LogP contribution in [0.3, 0.4) is 0 Å². The summed E-state index contributed by atoms with van der Waals surface area (Å²) in [4.78, 5) is 11.8. The van der Waals surface area contributed by atoms with Crippen LogP contribution in [-0.4, -0.2) is 30.7 Å². The lowest BCUT2D eigenvalue weighted by Gasteiger charge is -2.11. The lowest BCUT2D eigenvalue weighted by Crippen LogP contribution is -2.28. The van der Waals surface area contributed by atoms with Gasteiger partial charge in [0, 0.05) is 18.7 Å². The van der Waals surface area contributed by atoms with Gasteiger partial charge in [0.05, 0.1) is 0 Å². The third-order valence-corrected chi connectivity index (χ3v) is 2.88. The largest absolute Gasteiger partial charge is 0.396 e. The van der Waals surface area contributed by atoms with Gasteiger partial charge < -0.3 is 16.2 Å². The van der Waals surface area contributed by atoms with Crippen molar-refractivity contribution in [3.05, 3.63) is 35.4 Å². The molecule has 0 radical (unpaired) electrons. The Bertz CT molecular complexity index is 363. The molecule has 1 rings (SSSR count). The number of benzene rings is 1. The Balaban J connectivity index is 2.46. The molecule has 0 fully saturated rings. The lowest BCUT2D eigenvalue weighted by atomic mass is 10.1. The van der Waals surface area contributed by atoms with E-state index in [-0.39, 0.29) is 18.4 Å². The van der Waals surface area contributed by atoms with Gasteiger partial charge in [-0.15, -0.1) is 0 Å². The first-order valence-corrected chi connectivity index (χ1v) is 6.35. The van der Waals surface area contributed by atoms with Crippen molar-refractivity contribution in [1.82, 2.24) is 5.32 Å². The van der Waals surface area contributed by atoms with Gasteiger partial charge in [-0.1, -0.05) is 19.1 Å². The van der Waals surface area contributed by atoms with E-state index in [1.165, 1.54) is 0 Å². The molecule has 1 unspecified atom stereocenters. The van der Waals surface area contributed by atoms with Crippen LogP contribution in [0.25, 0.3) is 0 Å². The third-order valence-electron chi connectivity index (χ3n) is 2.88. The van der Waals surface area contributed by atoms with E-state index >= 15 is 0 Å². The molecule has 1 aromatic carbocycles. The van der Waals surface area contributed by atoms with Crippen LogP contribution < -0.4 is 11.1 Å². The van der Waals surface area contributed by atoms with Crippen LogP contribution >= 0.6 is 0 Å². The van der Waals surface area contributed by atoms with Crippen LogP contribution in [0.15, 0.2) is 24.3 Å². The average Bonchev–Trinajstić information content (AvgIpc) is 2.37. The number of rotatable bonds is 7. The molecule has 0 saturated carbocycles. The number of nitrogens with two attached hydrogens (primary N) is 1. The first-order chi connectivity index (χ1) is 8.67. The fraction of sp³-hybridized carbons (Fsp3) is 0.500. The maximum absolute atomic E-state index is 11.8. The Hall–Kier alpha value is -1.39. The maximum atomic E-state index is 11.8. The van der Waals surface area contributed by atoms with E-state index in [0.717, 1.165) is 12.0 Å². The summed E-state index contributed by atoms with van der Waals surface area (Å²) in [6.45, 7) is 3.36. The van der Waals surface area contributed by atoms with Crippen LogP contribution in [0.4, 0.5) is 0 Å². The van der Waals surface area contributed by atoms with Gasteiger partial charge in [0.2, 0.25) is 0 Å². The molecule has 4 heteroatoms. The second-order valence-electron chi connectivity index (χ2n) is 4.56. The fourth-order valence-electron chi connectivity index (χ4n) is 1.68. The van der Waals surface area contributed by atoms with E-state index in [2.05, 4.69) is 5.32 Å². The molecular weight excluding hydrogens is 228 g/mol. The zero-order valence-corrected chi connectivity index (χ0v) is 10.9. The maximum Gasteiger partial charge on any atom is 0.251 e. The van der Waals surface area contributed by atoms with Gasteiger partial charge in [-0.2, -0.15) is 0 Å². The quantitative estimate of drug-likeness (QED) is 0.674. The predicted octanol–water partition coefficient (Wildman–Crippen LogP) is 0.936. The van der Waals surface area contributed by atoms with Gasteiger partial charge >= 0.3 is 0 Å². The molecular formula is C14H22N2O2. The summed E-state index contributed by atoms with van der Waals surface area (Å²) in [5.74, 6) is 0.217. The molecule has 1 amide bonds. The zero-order chi connectivity index (χ0) is 13.4. The molecule has 100 valence electrons. The SMILES string of the molecule is CC(CCO)CNC(=O)c1ccc(CCN)cc1. The molecule has 0 spiro atoms. The monoisotopic (exact) mass is 250 g/mol. The van der Waals surface area contributed by atoms with Crippen molar-refractivity contribution in [3.63, 3.8) is 0 Å². The van der Waals surface area contributed by atoms with E-state index < -0.39 is 0 Å². The number of carbonyl (C=O) groups excluding carboxylic acids is 1. The third kappa shape index (κ3) is 4.85. The lowest BCUT2D eigenvalue weighted by molar-refractivity contribution is 0.0945. The van der Waals surface area contributed by atoms with Crippen LogP contribution in [0.5, 0.6) is 0 Å². The molecule has 1 atom stereocenters. The highest BCUT2D eigenvalue weighted by molar-refractivity contribution is 5.94. The van der Waals surface area contributed by atoms with Crippen LogP contribution in [-0.2, 0) is 6.42 Å². The van der Waals surface area contributed by atoms with E-state index in [9.17, 15) is 4.79 Å². The van der Waals surface area contributed by atoms with Crippen LogP contribution in [0.2, 0.25) is 0 Å². The van der Waals surface area contributed by atoms with E-state index in [1.54, 1.807) is 0 Å². The van der Waals surface area contributed by atoms with Gasteiger partial charge in [0.1, 0.15) is 0 Å². The topological polar surface area (TPSA) is 75.3 Å². The van der Waals surface area contributed by atoms with Crippen LogP contribution in [0.1, 0.15) is 29.3 Å². The molecule has 0 bridgehead atoms. The Morgan fingerprint density at radius 3 is 2.61 bits per heavy atom. The minimum Gasteiger partial charge on any atom is -0.396 e. The van der Waals surface area contributed by atoms with Crippen molar-refractivity contribution < 1.29 is 9.90 Å². The second-order valence-corrected chi connectivity index (χ2v) is 4.56. The number of carbonyl (C=O) groups is 1. The highest BCUT2D eigenvalue weighted by Gasteiger charge is 2.07. The highest BCUT2D eigenvalue weighted by Crippen LogP contribution is 2.05.